The monoisotopic (exact) mass is 430 g/mol. The molecule has 0 N–H and O–H groups in total. The summed E-state index contributed by atoms with van der Waals surface area (Å²) in [6.45, 7) is 4.58. The average molecular weight is 430 g/mol. The van der Waals surface area contributed by atoms with Gasteiger partial charge in [0.05, 0.1) is 11.5 Å². The third kappa shape index (κ3) is 6.24. The number of aryl methyl sites for hydroxylation is 1. The normalized spacial score (nSPS) is 24.0. The Hall–Kier alpha value is -2.50. The second-order valence-corrected chi connectivity index (χ2v) is 7.97. The van der Waals surface area contributed by atoms with Crippen molar-refractivity contribution in [3.63, 3.8) is 0 Å². The van der Waals surface area contributed by atoms with Gasteiger partial charge in [0, 0.05) is 20.8 Å². The highest BCUT2D eigenvalue weighted by atomic mass is 32.2. The lowest BCUT2D eigenvalue weighted by molar-refractivity contribution is -0.196. The Kier molecular flexibility index (Phi) is 7.33. The molecule has 0 aliphatic carbocycles. The molecular weight excluding hydrogens is 408 g/mol. The molecule has 1 aromatic carbocycles. The lowest BCUT2D eigenvalue weighted by atomic mass is 10.1. The Morgan fingerprint density at radius 1 is 0.897 bits per heavy atom. The molecule has 29 heavy (non-hydrogen) atoms. The molecule has 0 amide bonds. The standard InChI is InChI=1S/C18H22O10S/c1-10-5-7-14(8-6-10)29(22,23)24-9-15-16(25-11(2)19)17(26-12(3)20)18(28-15)27-13(4)21/h5-8,15-18H,9H2,1-4H3/t15-,16-,17+,18?/m1/s1. The molecule has 11 heteroatoms. The van der Waals surface area contributed by atoms with Gasteiger partial charge in [0.1, 0.15) is 6.10 Å². The van der Waals surface area contributed by atoms with Crippen molar-refractivity contribution in [2.24, 2.45) is 0 Å². The Labute approximate surface area is 168 Å². The van der Waals surface area contributed by atoms with Crippen molar-refractivity contribution >= 4 is 28.0 Å². The van der Waals surface area contributed by atoms with E-state index in [2.05, 4.69) is 0 Å². The molecule has 1 aliphatic heterocycles. The van der Waals surface area contributed by atoms with Crippen molar-refractivity contribution in [1.82, 2.24) is 0 Å². The molecule has 0 radical (unpaired) electrons. The fraction of sp³-hybridized carbons (Fsp3) is 0.500. The van der Waals surface area contributed by atoms with Crippen LogP contribution in [0, 0.1) is 6.92 Å². The largest absolute Gasteiger partial charge is 0.455 e. The maximum Gasteiger partial charge on any atom is 0.305 e. The molecule has 160 valence electrons. The number of benzene rings is 1. The minimum atomic E-state index is -4.13. The molecule has 1 saturated heterocycles. The zero-order valence-electron chi connectivity index (χ0n) is 16.3. The van der Waals surface area contributed by atoms with E-state index < -0.39 is 59.2 Å². The molecule has 0 bridgehead atoms. The third-order valence-corrected chi connectivity index (χ3v) is 5.15. The van der Waals surface area contributed by atoms with Gasteiger partial charge in [0.15, 0.2) is 6.10 Å². The first-order chi connectivity index (χ1) is 13.5. The summed E-state index contributed by atoms with van der Waals surface area (Å²) in [6.07, 6.45) is -5.09. The maximum absolute atomic E-state index is 12.4. The third-order valence-electron chi connectivity index (χ3n) is 3.85. The van der Waals surface area contributed by atoms with Crippen LogP contribution in [0.25, 0.3) is 0 Å². The quantitative estimate of drug-likeness (QED) is 0.348. The van der Waals surface area contributed by atoms with Crippen molar-refractivity contribution in [1.29, 1.82) is 0 Å². The first kappa shape index (κ1) is 22.8. The molecule has 4 atom stereocenters. The minimum absolute atomic E-state index is 0.0711. The lowest BCUT2D eigenvalue weighted by Crippen LogP contribution is -2.42. The Morgan fingerprint density at radius 3 is 1.93 bits per heavy atom. The van der Waals surface area contributed by atoms with Gasteiger partial charge in [-0.2, -0.15) is 8.42 Å². The molecule has 1 heterocycles. The van der Waals surface area contributed by atoms with E-state index in [4.69, 9.17) is 23.1 Å². The van der Waals surface area contributed by atoms with Crippen LogP contribution >= 0.6 is 0 Å². The molecule has 0 aromatic heterocycles. The predicted molar refractivity (Wildman–Crippen MR) is 95.9 cm³/mol. The van der Waals surface area contributed by atoms with Crippen molar-refractivity contribution in [3.05, 3.63) is 29.8 Å². The second-order valence-electron chi connectivity index (χ2n) is 6.35. The lowest BCUT2D eigenvalue weighted by Gasteiger charge is -2.22. The topological polar surface area (TPSA) is 132 Å². The summed E-state index contributed by atoms with van der Waals surface area (Å²) in [5, 5.41) is 0. The van der Waals surface area contributed by atoms with Gasteiger partial charge in [-0.3, -0.25) is 18.6 Å². The Balaban J connectivity index is 2.21. The van der Waals surface area contributed by atoms with Crippen molar-refractivity contribution in [3.8, 4) is 0 Å². The summed E-state index contributed by atoms with van der Waals surface area (Å²) in [5.41, 5.74) is 0.867. The van der Waals surface area contributed by atoms with Crippen LogP contribution in [-0.2, 0) is 47.6 Å². The zero-order valence-corrected chi connectivity index (χ0v) is 17.1. The number of carbonyl (C=O) groups is 3. The summed E-state index contributed by atoms with van der Waals surface area (Å²) in [4.78, 5) is 34.1. The van der Waals surface area contributed by atoms with E-state index in [1.54, 1.807) is 19.1 Å². The number of esters is 3. The summed E-state index contributed by atoms with van der Waals surface area (Å²) < 4.78 is 50.4. The fourth-order valence-electron chi connectivity index (χ4n) is 2.66. The molecule has 1 aliphatic rings. The molecule has 1 unspecified atom stereocenters. The van der Waals surface area contributed by atoms with E-state index in [-0.39, 0.29) is 4.90 Å². The highest BCUT2D eigenvalue weighted by Crippen LogP contribution is 2.29. The molecule has 0 spiro atoms. The van der Waals surface area contributed by atoms with Gasteiger partial charge in [-0.25, -0.2) is 0 Å². The summed E-state index contributed by atoms with van der Waals surface area (Å²) >= 11 is 0. The molecular formula is C18H22O10S. The predicted octanol–water partition coefficient (Wildman–Crippen LogP) is 0.852. The van der Waals surface area contributed by atoms with Crippen LogP contribution in [-0.4, -0.2) is 57.5 Å². The van der Waals surface area contributed by atoms with Gasteiger partial charge < -0.3 is 18.9 Å². The SMILES string of the molecule is CC(=O)OC1O[C@H](COS(=O)(=O)c2ccc(C)cc2)[C@@H](OC(C)=O)[C@@H]1OC(C)=O. The van der Waals surface area contributed by atoms with Crippen LogP contribution in [0.15, 0.2) is 29.2 Å². The van der Waals surface area contributed by atoms with E-state index in [0.717, 1.165) is 26.3 Å². The van der Waals surface area contributed by atoms with E-state index in [1.165, 1.54) is 12.1 Å². The van der Waals surface area contributed by atoms with Gasteiger partial charge in [-0.1, -0.05) is 17.7 Å². The van der Waals surface area contributed by atoms with Gasteiger partial charge in [-0.05, 0) is 19.1 Å². The fourth-order valence-corrected chi connectivity index (χ4v) is 3.58. The van der Waals surface area contributed by atoms with Gasteiger partial charge >= 0.3 is 17.9 Å². The Morgan fingerprint density at radius 2 is 1.41 bits per heavy atom. The summed E-state index contributed by atoms with van der Waals surface area (Å²) in [7, 11) is -4.13. The second kappa shape index (κ2) is 9.33. The van der Waals surface area contributed by atoms with E-state index in [1.807, 2.05) is 0 Å². The van der Waals surface area contributed by atoms with E-state index in [0.29, 0.717) is 0 Å². The molecule has 10 nitrogen and oxygen atoms in total. The first-order valence-corrected chi connectivity index (χ1v) is 10.0. The van der Waals surface area contributed by atoms with Crippen molar-refractivity contribution in [2.75, 3.05) is 6.61 Å². The summed E-state index contributed by atoms with van der Waals surface area (Å²) in [6, 6.07) is 5.98. The number of ether oxygens (including phenoxy) is 4. The van der Waals surface area contributed by atoms with Gasteiger partial charge in [-0.15, -0.1) is 0 Å². The Bertz CT molecular complexity index is 861. The van der Waals surface area contributed by atoms with Gasteiger partial charge in [0.2, 0.25) is 12.4 Å². The minimum Gasteiger partial charge on any atom is -0.455 e. The van der Waals surface area contributed by atoms with Crippen LogP contribution < -0.4 is 0 Å². The summed E-state index contributed by atoms with van der Waals surface area (Å²) in [5.74, 6) is -2.20. The molecule has 2 rings (SSSR count). The zero-order chi connectivity index (χ0) is 21.8. The number of carbonyl (C=O) groups excluding carboxylic acids is 3. The smallest absolute Gasteiger partial charge is 0.305 e. The van der Waals surface area contributed by atoms with Crippen LogP contribution in [0.4, 0.5) is 0 Å². The molecule has 1 fully saturated rings. The maximum atomic E-state index is 12.4. The number of hydrogen-bond acceptors (Lipinski definition) is 10. The highest BCUT2D eigenvalue weighted by Gasteiger charge is 2.51. The number of rotatable bonds is 7. The molecule has 1 aromatic rings. The van der Waals surface area contributed by atoms with E-state index >= 15 is 0 Å². The highest BCUT2D eigenvalue weighted by molar-refractivity contribution is 7.86. The van der Waals surface area contributed by atoms with Crippen LogP contribution in [0.1, 0.15) is 26.3 Å². The van der Waals surface area contributed by atoms with Crippen LogP contribution in [0.2, 0.25) is 0 Å². The number of hydrogen-bond donors (Lipinski definition) is 0. The van der Waals surface area contributed by atoms with Crippen molar-refractivity contribution < 1.29 is 45.9 Å². The van der Waals surface area contributed by atoms with E-state index in [9.17, 15) is 22.8 Å². The first-order valence-electron chi connectivity index (χ1n) is 8.63. The molecule has 0 saturated carbocycles. The van der Waals surface area contributed by atoms with Crippen LogP contribution in [0.3, 0.4) is 0 Å². The van der Waals surface area contributed by atoms with Crippen molar-refractivity contribution in [2.45, 2.75) is 57.2 Å². The van der Waals surface area contributed by atoms with Crippen LogP contribution in [0.5, 0.6) is 0 Å². The average Bonchev–Trinajstić information content (AvgIpc) is 2.89. The van der Waals surface area contributed by atoms with Gasteiger partial charge in [0.25, 0.3) is 10.1 Å².